The summed E-state index contributed by atoms with van der Waals surface area (Å²) in [6, 6.07) is 0. The summed E-state index contributed by atoms with van der Waals surface area (Å²) in [5, 5.41) is 20.8. The number of hydrogen-bond donors (Lipinski definition) is 2. The Kier molecular flexibility index (Phi) is 4.81. The van der Waals surface area contributed by atoms with Crippen LogP contribution in [0.3, 0.4) is 0 Å². The van der Waals surface area contributed by atoms with E-state index in [2.05, 4.69) is 26.5 Å². The standard InChI is InChI=1S/C24H36O3/c1-15-14-23(3)20(12-13-24(23,27)16(2)8-11-21(25)26)19-10-9-17-6-4-5-7-18(17)22(15)19/h6,15,18-20,22,27H,2,4-5,7-14H2,1,3H3,(H,25,26)/t15-,18-,19-,20-,22+,23-,24+/m0/s1. The average Bonchev–Trinajstić information content (AvgIpc) is 2.91. The van der Waals surface area contributed by atoms with Gasteiger partial charge in [0.05, 0.1) is 5.60 Å². The van der Waals surface area contributed by atoms with Crippen LogP contribution in [0.1, 0.15) is 78.1 Å². The van der Waals surface area contributed by atoms with Crippen molar-refractivity contribution in [2.75, 3.05) is 0 Å². The summed E-state index contributed by atoms with van der Waals surface area (Å²) in [6.45, 7) is 8.89. The van der Waals surface area contributed by atoms with Crippen molar-refractivity contribution < 1.29 is 15.0 Å². The minimum Gasteiger partial charge on any atom is -0.481 e. The van der Waals surface area contributed by atoms with Crippen LogP contribution in [-0.2, 0) is 4.79 Å². The molecule has 0 aromatic carbocycles. The second-order valence-electron chi connectivity index (χ2n) is 10.2. The van der Waals surface area contributed by atoms with Gasteiger partial charge in [0.1, 0.15) is 0 Å². The summed E-state index contributed by atoms with van der Waals surface area (Å²) in [5.74, 6) is 2.62. The quantitative estimate of drug-likeness (QED) is 0.654. The molecule has 3 saturated carbocycles. The van der Waals surface area contributed by atoms with Crippen molar-refractivity contribution in [1.29, 1.82) is 0 Å². The minimum absolute atomic E-state index is 0.0692. The third kappa shape index (κ3) is 2.84. The first kappa shape index (κ1) is 19.2. The highest BCUT2D eigenvalue weighted by atomic mass is 16.4. The Labute approximate surface area is 163 Å². The molecule has 0 amide bonds. The number of aliphatic carboxylic acids is 1. The van der Waals surface area contributed by atoms with Crippen LogP contribution in [-0.4, -0.2) is 21.8 Å². The smallest absolute Gasteiger partial charge is 0.303 e. The van der Waals surface area contributed by atoms with Gasteiger partial charge in [-0.2, -0.15) is 0 Å². The van der Waals surface area contributed by atoms with Crippen LogP contribution in [0.25, 0.3) is 0 Å². The Morgan fingerprint density at radius 3 is 2.81 bits per heavy atom. The zero-order valence-corrected chi connectivity index (χ0v) is 17.0. The van der Waals surface area contributed by atoms with Gasteiger partial charge in [-0.15, -0.1) is 0 Å². The van der Waals surface area contributed by atoms with E-state index in [0.29, 0.717) is 24.2 Å². The van der Waals surface area contributed by atoms with Crippen molar-refractivity contribution in [2.24, 2.45) is 35.0 Å². The first-order chi connectivity index (χ1) is 12.8. The minimum atomic E-state index is -0.894. The molecule has 3 fully saturated rings. The van der Waals surface area contributed by atoms with E-state index in [4.69, 9.17) is 5.11 Å². The molecular weight excluding hydrogens is 336 g/mol. The molecule has 7 atom stereocenters. The fourth-order valence-corrected chi connectivity index (χ4v) is 7.93. The van der Waals surface area contributed by atoms with Crippen LogP contribution < -0.4 is 0 Å². The molecule has 0 radical (unpaired) electrons. The molecule has 4 aliphatic rings. The highest BCUT2D eigenvalue weighted by Gasteiger charge is 2.64. The molecule has 0 heterocycles. The van der Waals surface area contributed by atoms with Gasteiger partial charge in [0.25, 0.3) is 0 Å². The van der Waals surface area contributed by atoms with E-state index in [-0.39, 0.29) is 11.8 Å². The van der Waals surface area contributed by atoms with E-state index in [1.165, 1.54) is 32.1 Å². The van der Waals surface area contributed by atoms with Crippen LogP contribution in [0, 0.1) is 35.0 Å². The predicted molar refractivity (Wildman–Crippen MR) is 107 cm³/mol. The maximum atomic E-state index is 11.8. The lowest BCUT2D eigenvalue weighted by atomic mass is 9.47. The van der Waals surface area contributed by atoms with Gasteiger partial charge in [-0.25, -0.2) is 0 Å². The van der Waals surface area contributed by atoms with E-state index in [1.54, 1.807) is 5.57 Å². The highest BCUT2D eigenvalue weighted by molar-refractivity contribution is 5.67. The molecule has 0 unspecified atom stereocenters. The van der Waals surface area contributed by atoms with Gasteiger partial charge in [-0.05, 0) is 93.0 Å². The molecule has 2 N–H and O–H groups in total. The second-order valence-corrected chi connectivity index (χ2v) is 10.2. The number of carbonyl (C=O) groups is 1. The van der Waals surface area contributed by atoms with Crippen molar-refractivity contribution in [3.05, 3.63) is 23.8 Å². The molecule has 0 aromatic heterocycles. The van der Waals surface area contributed by atoms with Gasteiger partial charge in [0.2, 0.25) is 0 Å². The zero-order valence-electron chi connectivity index (χ0n) is 17.0. The lowest BCUT2D eigenvalue weighted by molar-refractivity contribution is -0.137. The van der Waals surface area contributed by atoms with E-state index >= 15 is 0 Å². The summed E-state index contributed by atoms with van der Waals surface area (Å²) >= 11 is 0. The summed E-state index contributed by atoms with van der Waals surface area (Å²) in [5.41, 5.74) is 1.44. The molecule has 0 aliphatic heterocycles. The molecular formula is C24H36O3. The molecule has 0 bridgehead atoms. The molecule has 150 valence electrons. The van der Waals surface area contributed by atoms with Crippen molar-refractivity contribution in [3.8, 4) is 0 Å². The Hall–Kier alpha value is -1.09. The summed E-state index contributed by atoms with van der Waals surface area (Å²) < 4.78 is 0. The maximum absolute atomic E-state index is 11.8. The van der Waals surface area contributed by atoms with Crippen LogP contribution in [0.4, 0.5) is 0 Å². The number of carboxylic acid groups (broad SMARTS) is 1. The second kappa shape index (κ2) is 6.76. The SMILES string of the molecule is C=C(CCC(=O)O)[C@]1(O)CC[C@H]2[C@@H]3CCC4=CCCC[C@@H]4[C@H]3[C@@H](C)C[C@@]21C. The molecule has 3 nitrogen and oxygen atoms in total. The monoisotopic (exact) mass is 372 g/mol. The third-order valence-electron chi connectivity index (χ3n) is 9.05. The molecule has 0 aromatic rings. The molecule has 3 heteroatoms. The highest BCUT2D eigenvalue weighted by Crippen LogP contribution is 2.67. The van der Waals surface area contributed by atoms with Crippen molar-refractivity contribution in [3.63, 3.8) is 0 Å². The normalized spacial score (nSPS) is 46.0. The van der Waals surface area contributed by atoms with Crippen LogP contribution >= 0.6 is 0 Å². The van der Waals surface area contributed by atoms with Gasteiger partial charge in [0.15, 0.2) is 0 Å². The zero-order chi connectivity index (χ0) is 19.4. The van der Waals surface area contributed by atoms with E-state index in [9.17, 15) is 9.90 Å². The van der Waals surface area contributed by atoms with Gasteiger partial charge in [0, 0.05) is 11.8 Å². The van der Waals surface area contributed by atoms with E-state index in [1.807, 2.05) is 0 Å². The Bertz CT molecular complexity index is 665. The number of allylic oxidation sites excluding steroid dienone is 2. The van der Waals surface area contributed by atoms with E-state index < -0.39 is 11.6 Å². The van der Waals surface area contributed by atoms with Gasteiger partial charge in [-0.3, -0.25) is 4.79 Å². The van der Waals surface area contributed by atoms with Crippen LogP contribution in [0.5, 0.6) is 0 Å². The van der Waals surface area contributed by atoms with Crippen LogP contribution in [0.2, 0.25) is 0 Å². The Balaban J connectivity index is 1.61. The number of carboxylic acids is 1. The molecule has 4 rings (SSSR count). The molecule has 0 spiro atoms. The fraction of sp³-hybridized carbons (Fsp3) is 0.792. The Morgan fingerprint density at radius 2 is 2.07 bits per heavy atom. The number of hydrogen-bond acceptors (Lipinski definition) is 2. The van der Waals surface area contributed by atoms with Gasteiger partial charge in [-0.1, -0.05) is 32.1 Å². The molecule has 0 saturated heterocycles. The topological polar surface area (TPSA) is 57.5 Å². The van der Waals surface area contributed by atoms with Crippen LogP contribution in [0.15, 0.2) is 23.8 Å². The molecule has 4 aliphatic carbocycles. The summed E-state index contributed by atoms with van der Waals surface area (Å²) in [4.78, 5) is 11.0. The number of rotatable bonds is 4. The van der Waals surface area contributed by atoms with E-state index in [0.717, 1.165) is 36.7 Å². The van der Waals surface area contributed by atoms with Crippen molar-refractivity contribution >= 4 is 5.97 Å². The summed E-state index contributed by atoms with van der Waals surface area (Å²) in [6.07, 6.45) is 12.4. The fourth-order valence-electron chi connectivity index (χ4n) is 7.93. The van der Waals surface area contributed by atoms with Crippen molar-refractivity contribution in [2.45, 2.75) is 83.7 Å². The lowest BCUT2D eigenvalue weighted by Crippen LogP contribution is -2.55. The molecule has 27 heavy (non-hydrogen) atoms. The first-order valence-corrected chi connectivity index (χ1v) is 11.1. The number of fused-ring (bicyclic) bond motifs is 5. The third-order valence-corrected chi connectivity index (χ3v) is 9.05. The maximum Gasteiger partial charge on any atom is 0.303 e. The first-order valence-electron chi connectivity index (χ1n) is 11.1. The predicted octanol–water partition coefficient (Wildman–Crippen LogP) is 5.35. The average molecular weight is 373 g/mol. The Morgan fingerprint density at radius 1 is 1.30 bits per heavy atom. The van der Waals surface area contributed by atoms with Gasteiger partial charge >= 0.3 is 5.97 Å². The lowest BCUT2D eigenvalue weighted by Gasteiger charge is -2.58. The van der Waals surface area contributed by atoms with Crippen molar-refractivity contribution in [1.82, 2.24) is 0 Å². The van der Waals surface area contributed by atoms with Gasteiger partial charge < -0.3 is 10.2 Å². The number of aliphatic hydroxyl groups is 1. The largest absolute Gasteiger partial charge is 0.481 e. The summed E-state index contributed by atoms with van der Waals surface area (Å²) in [7, 11) is 0.